The lowest BCUT2D eigenvalue weighted by atomic mass is 9.97. The summed E-state index contributed by atoms with van der Waals surface area (Å²) in [6.07, 6.45) is 4.13. The van der Waals surface area contributed by atoms with Crippen LogP contribution in [0.2, 0.25) is 5.02 Å². The van der Waals surface area contributed by atoms with E-state index in [9.17, 15) is 4.79 Å². The van der Waals surface area contributed by atoms with Gasteiger partial charge in [-0.25, -0.2) is 0 Å². The largest absolute Gasteiger partial charge is 0.345 e. The first-order valence-corrected chi connectivity index (χ1v) is 8.67. The summed E-state index contributed by atoms with van der Waals surface area (Å²) in [4.78, 5) is 16.1. The second-order valence-electron chi connectivity index (χ2n) is 6.31. The van der Waals surface area contributed by atoms with E-state index in [2.05, 4.69) is 17.0 Å². The third kappa shape index (κ3) is 5.29. The van der Waals surface area contributed by atoms with Crippen molar-refractivity contribution in [2.45, 2.75) is 32.6 Å². The first-order valence-electron chi connectivity index (χ1n) is 8.29. The molecule has 22 heavy (non-hydrogen) atoms. The van der Waals surface area contributed by atoms with Gasteiger partial charge in [0.05, 0.1) is 0 Å². The van der Waals surface area contributed by atoms with Crippen LogP contribution in [0.3, 0.4) is 0 Å². The van der Waals surface area contributed by atoms with E-state index >= 15 is 0 Å². The Hall–Kier alpha value is -1.06. The van der Waals surface area contributed by atoms with Crippen molar-refractivity contribution in [3.8, 4) is 0 Å². The average Bonchev–Trinajstić information content (AvgIpc) is 2.54. The van der Waals surface area contributed by atoms with Gasteiger partial charge in [0.1, 0.15) is 0 Å². The predicted molar refractivity (Wildman–Crippen MR) is 92.2 cm³/mol. The van der Waals surface area contributed by atoms with E-state index in [1.807, 2.05) is 31.0 Å². The number of rotatable bonds is 6. The maximum atomic E-state index is 11.7. The van der Waals surface area contributed by atoms with Crippen molar-refractivity contribution in [1.29, 1.82) is 0 Å². The van der Waals surface area contributed by atoms with Crippen molar-refractivity contribution in [2.24, 2.45) is 5.92 Å². The van der Waals surface area contributed by atoms with E-state index in [0.717, 1.165) is 31.1 Å². The van der Waals surface area contributed by atoms with Gasteiger partial charge in [0, 0.05) is 38.1 Å². The van der Waals surface area contributed by atoms with Crippen LogP contribution >= 0.6 is 11.6 Å². The van der Waals surface area contributed by atoms with Crippen LogP contribution in [0.15, 0.2) is 24.3 Å². The molecule has 1 aliphatic rings. The zero-order valence-corrected chi connectivity index (χ0v) is 14.5. The van der Waals surface area contributed by atoms with Gasteiger partial charge >= 0.3 is 0 Å². The molecule has 0 aromatic heterocycles. The normalized spacial score (nSPS) is 19.1. The highest BCUT2D eigenvalue weighted by Gasteiger charge is 2.22. The number of hydrogen-bond acceptors (Lipinski definition) is 2. The summed E-state index contributed by atoms with van der Waals surface area (Å²) in [5.41, 5.74) is 1.34. The van der Waals surface area contributed by atoms with Gasteiger partial charge in [-0.15, -0.1) is 0 Å². The van der Waals surface area contributed by atoms with Crippen LogP contribution in [-0.2, 0) is 11.2 Å². The number of likely N-dealkylation sites (tertiary alicyclic amines) is 1. The van der Waals surface area contributed by atoms with E-state index in [-0.39, 0.29) is 5.91 Å². The number of carbonyl (C=O) groups excluding carboxylic acids is 1. The quantitative estimate of drug-likeness (QED) is 0.800. The average molecular weight is 323 g/mol. The van der Waals surface area contributed by atoms with Crippen molar-refractivity contribution in [2.75, 3.05) is 33.2 Å². The number of benzene rings is 1. The third-order valence-electron chi connectivity index (χ3n) is 4.49. The zero-order chi connectivity index (χ0) is 15.9. The summed E-state index contributed by atoms with van der Waals surface area (Å²) in [5, 5.41) is 0.797. The molecule has 0 spiro atoms. The van der Waals surface area contributed by atoms with Crippen LogP contribution in [0.4, 0.5) is 0 Å². The lowest BCUT2D eigenvalue weighted by Crippen LogP contribution is -2.42. The van der Waals surface area contributed by atoms with Crippen LogP contribution in [0, 0.1) is 5.92 Å². The van der Waals surface area contributed by atoms with E-state index < -0.39 is 0 Å². The summed E-state index contributed by atoms with van der Waals surface area (Å²) in [5.74, 6) is 0.859. The molecule has 1 aromatic rings. The van der Waals surface area contributed by atoms with E-state index in [4.69, 9.17) is 11.6 Å². The fourth-order valence-electron chi connectivity index (χ4n) is 3.20. The SMILES string of the molecule is CCC(=O)N(C)C[C@@H]1CCCN(CCc2ccc(Cl)cc2)C1. The molecule has 2 rings (SSSR count). The minimum Gasteiger partial charge on any atom is -0.345 e. The van der Waals surface area contributed by atoms with E-state index in [1.165, 1.54) is 24.9 Å². The highest BCUT2D eigenvalue weighted by Crippen LogP contribution is 2.18. The number of nitrogens with zero attached hydrogens (tertiary/aromatic N) is 2. The molecular weight excluding hydrogens is 296 g/mol. The Balaban J connectivity index is 1.78. The predicted octanol–water partition coefficient (Wildman–Crippen LogP) is 3.46. The molecule has 1 aliphatic heterocycles. The van der Waals surface area contributed by atoms with Gasteiger partial charge in [-0.2, -0.15) is 0 Å². The fourth-order valence-corrected chi connectivity index (χ4v) is 3.33. The second kappa shape index (κ2) is 8.54. The molecule has 0 aliphatic carbocycles. The molecule has 3 nitrogen and oxygen atoms in total. The molecule has 1 aromatic carbocycles. The van der Waals surface area contributed by atoms with Crippen LogP contribution in [-0.4, -0.2) is 48.9 Å². The smallest absolute Gasteiger partial charge is 0.222 e. The molecule has 1 atom stereocenters. The Morgan fingerprint density at radius 3 is 2.77 bits per heavy atom. The van der Waals surface area contributed by atoms with Crippen molar-refractivity contribution in [3.63, 3.8) is 0 Å². The molecule has 0 bridgehead atoms. The van der Waals surface area contributed by atoms with Gasteiger partial charge in [-0.3, -0.25) is 4.79 Å². The van der Waals surface area contributed by atoms with Gasteiger partial charge in [0.2, 0.25) is 5.91 Å². The molecule has 1 saturated heterocycles. The van der Waals surface area contributed by atoms with Gasteiger partial charge < -0.3 is 9.80 Å². The van der Waals surface area contributed by atoms with Crippen LogP contribution in [0.1, 0.15) is 31.7 Å². The minimum absolute atomic E-state index is 0.248. The molecule has 1 heterocycles. The maximum absolute atomic E-state index is 11.7. The van der Waals surface area contributed by atoms with Gasteiger partial charge in [0.15, 0.2) is 0 Å². The number of piperidine rings is 1. The molecule has 1 fully saturated rings. The first-order chi connectivity index (χ1) is 10.6. The zero-order valence-electron chi connectivity index (χ0n) is 13.7. The minimum atomic E-state index is 0.248. The Kier molecular flexibility index (Phi) is 6.71. The monoisotopic (exact) mass is 322 g/mol. The van der Waals surface area contributed by atoms with Gasteiger partial charge in [0.25, 0.3) is 0 Å². The topological polar surface area (TPSA) is 23.6 Å². The number of halogens is 1. The lowest BCUT2D eigenvalue weighted by Gasteiger charge is -2.34. The van der Waals surface area contributed by atoms with Gasteiger partial charge in [-0.1, -0.05) is 30.7 Å². The van der Waals surface area contributed by atoms with Crippen LogP contribution in [0.25, 0.3) is 0 Å². The lowest BCUT2D eigenvalue weighted by molar-refractivity contribution is -0.130. The third-order valence-corrected chi connectivity index (χ3v) is 4.75. The van der Waals surface area contributed by atoms with Crippen molar-refractivity contribution >= 4 is 17.5 Å². The van der Waals surface area contributed by atoms with Crippen LogP contribution in [0.5, 0.6) is 0 Å². The fraction of sp³-hybridized carbons (Fsp3) is 0.611. The highest BCUT2D eigenvalue weighted by atomic mass is 35.5. The number of amides is 1. The summed E-state index contributed by atoms with van der Waals surface area (Å²) in [6.45, 7) is 6.19. The number of hydrogen-bond donors (Lipinski definition) is 0. The second-order valence-corrected chi connectivity index (χ2v) is 6.75. The molecule has 0 saturated carbocycles. The standard InChI is InChI=1S/C18H27ClN2O/c1-3-18(22)20(2)13-16-5-4-11-21(14-16)12-10-15-6-8-17(19)9-7-15/h6-9,16H,3-5,10-14H2,1-2H3/t16-/m0/s1. The molecular formula is C18H27ClN2O. The number of carbonyl (C=O) groups is 1. The molecule has 0 radical (unpaired) electrons. The maximum Gasteiger partial charge on any atom is 0.222 e. The molecule has 122 valence electrons. The Labute approximate surface area is 139 Å². The van der Waals surface area contributed by atoms with E-state index in [1.54, 1.807) is 0 Å². The summed E-state index contributed by atoms with van der Waals surface area (Å²) >= 11 is 5.92. The molecule has 1 amide bonds. The van der Waals surface area contributed by atoms with Crippen LogP contribution < -0.4 is 0 Å². The molecule has 0 unspecified atom stereocenters. The Morgan fingerprint density at radius 2 is 2.09 bits per heavy atom. The highest BCUT2D eigenvalue weighted by molar-refractivity contribution is 6.30. The van der Waals surface area contributed by atoms with Gasteiger partial charge in [-0.05, 0) is 49.4 Å². The van der Waals surface area contributed by atoms with E-state index in [0.29, 0.717) is 12.3 Å². The summed E-state index contributed by atoms with van der Waals surface area (Å²) in [7, 11) is 1.93. The van der Waals surface area contributed by atoms with Crippen molar-refractivity contribution in [1.82, 2.24) is 9.80 Å². The summed E-state index contributed by atoms with van der Waals surface area (Å²) in [6, 6.07) is 8.14. The Bertz CT molecular complexity index is 474. The molecule has 0 N–H and O–H groups in total. The Morgan fingerprint density at radius 1 is 1.36 bits per heavy atom. The molecule has 4 heteroatoms. The van der Waals surface area contributed by atoms with Crippen molar-refractivity contribution in [3.05, 3.63) is 34.9 Å². The van der Waals surface area contributed by atoms with Crippen molar-refractivity contribution < 1.29 is 4.79 Å². The summed E-state index contributed by atoms with van der Waals surface area (Å²) < 4.78 is 0. The first kappa shape index (κ1) is 17.3.